The van der Waals surface area contributed by atoms with Crippen LogP contribution in [0.25, 0.3) is 0 Å². The molecule has 1 aromatic carbocycles. The molecule has 0 bridgehead atoms. The molecule has 0 aliphatic carbocycles. The molecule has 0 atom stereocenters. The lowest BCUT2D eigenvalue weighted by molar-refractivity contribution is -0.689. The van der Waals surface area contributed by atoms with Gasteiger partial charge in [0.05, 0.1) is 6.54 Å². The SMILES string of the molecule is CCCCCn1c[n+](Cc2cccc(C)c2)cn1.[Cl-]. The third kappa shape index (κ3) is 5.03. The summed E-state index contributed by atoms with van der Waals surface area (Å²) in [6, 6.07) is 8.62. The molecule has 0 saturated carbocycles. The summed E-state index contributed by atoms with van der Waals surface area (Å²) in [7, 11) is 0. The monoisotopic (exact) mass is 279 g/mol. The van der Waals surface area contributed by atoms with Gasteiger partial charge in [0.25, 0.3) is 6.33 Å². The molecule has 0 saturated heterocycles. The molecular formula is C15H22ClN3. The number of hydrogen-bond donors (Lipinski definition) is 0. The zero-order chi connectivity index (χ0) is 12.8. The van der Waals surface area contributed by atoms with Crippen molar-refractivity contribution in [3.8, 4) is 0 Å². The zero-order valence-corrected chi connectivity index (χ0v) is 12.5. The van der Waals surface area contributed by atoms with E-state index in [1.54, 1.807) is 0 Å². The van der Waals surface area contributed by atoms with Gasteiger partial charge >= 0.3 is 0 Å². The Balaban J connectivity index is 0.00000180. The first-order chi connectivity index (χ1) is 8.78. The molecule has 3 nitrogen and oxygen atoms in total. The van der Waals surface area contributed by atoms with Gasteiger partial charge in [-0.25, -0.2) is 4.57 Å². The minimum absolute atomic E-state index is 0. The van der Waals surface area contributed by atoms with E-state index in [0.29, 0.717) is 0 Å². The van der Waals surface area contributed by atoms with Crippen LogP contribution in [-0.2, 0) is 13.1 Å². The lowest BCUT2D eigenvalue weighted by Crippen LogP contribution is -3.00. The largest absolute Gasteiger partial charge is 1.00 e. The summed E-state index contributed by atoms with van der Waals surface area (Å²) in [5.74, 6) is 0. The second-order valence-corrected chi connectivity index (χ2v) is 4.88. The Hall–Kier alpha value is -1.35. The highest BCUT2D eigenvalue weighted by Gasteiger charge is 2.05. The number of benzene rings is 1. The fourth-order valence-corrected chi connectivity index (χ4v) is 2.11. The van der Waals surface area contributed by atoms with Crippen LogP contribution in [0.3, 0.4) is 0 Å². The van der Waals surface area contributed by atoms with Gasteiger partial charge in [-0.1, -0.05) is 49.6 Å². The van der Waals surface area contributed by atoms with Crippen molar-refractivity contribution in [1.29, 1.82) is 0 Å². The zero-order valence-electron chi connectivity index (χ0n) is 11.7. The summed E-state index contributed by atoms with van der Waals surface area (Å²) in [6.45, 7) is 6.27. The number of nitrogens with zero attached hydrogens (tertiary/aromatic N) is 3. The average Bonchev–Trinajstić information content (AvgIpc) is 2.77. The van der Waals surface area contributed by atoms with Crippen LogP contribution in [0.1, 0.15) is 37.3 Å². The Morgan fingerprint density at radius 1 is 1.26 bits per heavy atom. The molecule has 0 N–H and O–H groups in total. The van der Waals surface area contributed by atoms with Crippen molar-refractivity contribution in [2.75, 3.05) is 0 Å². The molecule has 0 aliphatic rings. The number of rotatable bonds is 6. The topological polar surface area (TPSA) is 21.7 Å². The van der Waals surface area contributed by atoms with Crippen LogP contribution in [0.5, 0.6) is 0 Å². The molecule has 0 unspecified atom stereocenters. The van der Waals surface area contributed by atoms with Gasteiger partial charge in [-0.15, -0.1) is 4.68 Å². The Bertz CT molecular complexity index is 494. The van der Waals surface area contributed by atoms with E-state index >= 15 is 0 Å². The van der Waals surface area contributed by atoms with Crippen LogP contribution >= 0.6 is 0 Å². The second-order valence-electron chi connectivity index (χ2n) is 4.88. The van der Waals surface area contributed by atoms with Gasteiger partial charge in [-0.3, -0.25) is 0 Å². The van der Waals surface area contributed by atoms with Crippen molar-refractivity contribution in [3.63, 3.8) is 0 Å². The van der Waals surface area contributed by atoms with Crippen molar-refractivity contribution in [2.45, 2.75) is 46.2 Å². The Labute approximate surface area is 121 Å². The van der Waals surface area contributed by atoms with Gasteiger partial charge in [0.1, 0.15) is 6.54 Å². The standard InChI is InChI=1S/C15H22N3.ClH/c1-3-4-5-9-18-13-17(12-16-18)11-15-8-6-7-14(2)10-15;/h6-8,10,12-13H,3-5,9,11H2,1-2H3;1H/q+1;/p-1. The van der Waals surface area contributed by atoms with Crippen LogP contribution in [0.2, 0.25) is 0 Å². The lowest BCUT2D eigenvalue weighted by atomic mass is 10.1. The van der Waals surface area contributed by atoms with E-state index in [0.717, 1.165) is 13.1 Å². The van der Waals surface area contributed by atoms with Crippen molar-refractivity contribution >= 4 is 0 Å². The first-order valence-electron chi connectivity index (χ1n) is 6.75. The second kappa shape index (κ2) is 7.95. The molecule has 0 fully saturated rings. The molecule has 0 aliphatic heterocycles. The van der Waals surface area contributed by atoms with Crippen LogP contribution in [0.15, 0.2) is 36.9 Å². The predicted molar refractivity (Wildman–Crippen MR) is 72.2 cm³/mol. The van der Waals surface area contributed by atoms with Crippen LogP contribution in [-0.4, -0.2) is 9.78 Å². The molecule has 1 heterocycles. The van der Waals surface area contributed by atoms with Gasteiger partial charge in [-0.2, -0.15) is 0 Å². The molecule has 4 heteroatoms. The maximum absolute atomic E-state index is 4.39. The first-order valence-corrected chi connectivity index (χ1v) is 6.75. The van der Waals surface area contributed by atoms with Crippen molar-refractivity contribution in [3.05, 3.63) is 48.0 Å². The van der Waals surface area contributed by atoms with Gasteiger partial charge in [0.15, 0.2) is 0 Å². The van der Waals surface area contributed by atoms with Gasteiger partial charge in [-0.05, 0) is 18.9 Å². The number of halogens is 1. The molecule has 19 heavy (non-hydrogen) atoms. The van der Waals surface area contributed by atoms with Crippen molar-refractivity contribution < 1.29 is 17.0 Å². The number of aryl methyl sites for hydroxylation is 2. The van der Waals surface area contributed by atoms with E-state index in [1.807, 2.05) is 11.0 Å². The summed E-state index contributed by atoms with van der Waals surface area (Å²) in [4.78, 5) is 0. The smallest absolute Gasteiger partial charge is 0.265 e. The minimum atomic E-state index is 0. The highest BCUT2D eigenvalue weighted by atomic mass is 35.5. The molecule has 1 aromatic heterocycles. The highest BCUT2D eigenvalue weighted by molar-refractivity contribution is 5.21. The summed E-state index contributed by atoms with van der Waals surface area (Å²) < 4.78 is 4.17. The predicted octanol–water partition coefficient (Wildman–Crippen LogP) is -0.278. The molecule has 2 aromatic rings. The first kappa shape index (κ1) is 15.7. The molecule has 2 rings (SSSR count). The van der Waals surface area contributed by atoms with E-state index in [2.05, 4.69) is 54.1 Å². The molecule has 0 amide bonds. The van der Waals surface area contributed by atoms with Crippen molar-refractivity contribution in [1.82, 2.24) is 9.78 Å². The molecule has 0 radical (unpaired) electrons. The third-order valence-electron chi connectivity index (χ3n) is 3.07. The van der Waals surface area contributed by atoms with E-state index in [1.165, 1.54) is 30.4 Å². The number of unbranched alkanes of at least 4 members (excludes halogenated alkanes) is 2. The molecule has 0 spiro atoms. The van der Waals surface area contributed by atoms with Crippen LogP contribution in [0.4, 0.5) is 0 Å². The average molecular weight is 280 g/mol. The summed E-state index contributed by atoms with van der Waals surface area (Å²) in [5, 5.41) is 4.39. The fourth-order valence-electron chi connectivity index (χ4n) is 2.11. The summed E-state index contributed by atoms with van der Waals surface area (Å²) in [6.07, 6.45) is 7.75. The van der Waals surface area contributed by atoms with Gasteiger partial charge < -0.3 is 12.4 Å². The van der Waals surface area contributed by atoms with Gasteiger partial charge in [0.2, 0.25) is 6.33 Å². The Morgan fingerprint density at radius 3 is 2.84 bits per heavy atom. The Kier molecular flexibility index (Phi) is 6.57. The lowest BCUT2D eigenvalue weighted by Gasteiger charge is -1.99. The van der Waals surface area contributed by atoms with Crippen LogP contribution < -0.4 is 17.0 Å². The Morgan fingerprint density at radius 2 is 2.11 bits per heavy atom. The summed E-state index contributed by atoms with van der Waals surface area (Å²) in [5.41, 5.74) is 2.64. The maximum Gasteiger partial charge on any atom is 0.265 e. The molecule has 104 valence electrons. The number of aromatic nitrogens is 3. The quantitative estimate of drug-likeness (QED) is 0.527. The minimum Gasteiger partial charge on any atom is -1.00 e. The maximum atomic E-state index is 4.39. The number of hydrogen-bond acceptors (Lipinski definition) is 1. The fraction of sp³-hybridized carbons (Fsp3) is 0.467. The van der Waals surface area contributed by atoms with E-state index in [9.17, 15) is 0 Å². The normalized spacial score (nSPS) is 10.2. The van der Waals surface area contributed by atoms with E-state index in [-0.39, 0.29) is 12.4 Å². The highest BCUT2D eigenvalue weighted by Crippen LogP contribution is 2.03. The van der Waals surface area contributed by atoms with Gasteiger partial charge in [0, 0.05) is 5.10 Å². The van der Waals surface area contributed by atoms with E-state index in [4.69, 9.17) is 0 Å². The molecular weight excluding hydrogens is 258 g/mol. The van der Waals surface area contributed by atoms with E-state index < -0.39 is 0 Å². The third-order valence-corrected chi connectivity index (χ3v) is 3.07. The van der Waals surface area contributed by atoms with Crippen molar-refractivity contribution in [2.24, 2.45) is 0 Å². The van der Waals surface area contributed by atoms with Crippen LogP contribution in [0, 0.1) is 6.92 Å². The summed E-state index contributed by atoms with van der Waals surface area (Å²) >= 11 is 0.